The number of hydrogen-bond acceptors (Lipinski definition) is 5. The van der Waals surface area contributed by atoms with Crippen molar-refractivity contribution in [1.82, 2.24) is 18.7 Å². The van der Waals surface area contributed by atoms with Gasteiger partial charge < -0.3 is 9.84 Å². The lowest BCUT2D eigenvalue weighted by Crippen LogP contribution is -2.40. The molecule has 0 saturated heterocycles. The largest absolute Gasteiger partial charge is 0.424 e. The highest BCUT2D eigenvalue weighted by molar-refractivity contribution is 6.32. The Kier molecular flexibility index (Phi) is 8.55. The number of benzene rings is 1. The average molecular weight is 505 g/mol. The van der Waals surface area contributed by atoms with Crippen molar-refractivity contribution in [3.63, 3.8) is 0 Å². The number of nitrogens with zero attached hydrogens (tertiary/aromatic N) is 4. The molecule has 8 nitrogen and oxygen atoms in total. The maximum Gasteiger partial charge on any atom is 0.332 e. The van der Waals surface area contributed by atoms with Crippen LogP contribution in [-0.2, 0) is 19.6 Å². The highest BCUT2D eigenvalue weighted by Gasteiger charge is 2.23. The fourth-order valence-corrected chi connectivity index (χ4v) is 3.66. The van der Waals surface area contributed by atoms with Gasteiger partial charge in [-0.3, -0.25) is 18.5 Å². The third-order valence-electron chi connectivity index (χ3n) is 5.10. The summed E-state index contributed by atoms with van der Waals surface area (Å²) in [4.78, 5) is 31.0. The van der Waals surface area contributed by atoms with Gasteiger partial charge in [-0.15, -0.1) is 0 Å². The molecule has 3 rings (SSSR count). The summed E-state index contributed by atoms with van der Waals surface area (Å²) in [6.07, 6.45) is 5.40. The molecule has 0 aliphatic heterocycles. The first-order chi connectivity index (χ1) is 16.3. The number of halogens is 2. The molecule has 0 spiro atoms. The van der Waals surface area contributed by atoms with Gasteiger partial charge in [-0.05, 0) is 44.1 Å². The number of ether oxygens (including phenoxy) is 1. The summed E-state index contributed by atoms with van der Waals surface area (Å²) in [6.45, 7) is 7.78. The number of aliphatic hydroxyl groups excluding tert-OH is 1. The second-order valence-corrected chi connectivity index (χ2v) is 8.45. The predicted octanol–water partition coefficient (Wildman–Crippen LogP) is 4.46. The van der Waals surface area contributed by atoms with Gasteiger partial charge >= 0.3 is 11.7 Å². The molecule has 0 fully saturated rings. The minimum Gasteiger partial charge on any atom is -0.424 e. The number of imidazole rings is 1. The normalized spacial score (nSPS) is 12.4. The maximum absolute atomic E-state index is 13.5. The average Bonchev–Trinajstić information content (AvgIpc) is 3.15. The molecule has 0 unspecified atom stereocenters. The van der Waals surface area contributed by atoms with E-state index in [0.29, 0.717) is 15.8 Å². The van der Waals surface area contributed by atoms with Gasteiger partial charge in [0.2, 0.25) is 0 Å². The van der Waals surface area contributed by atoms with E-state index in [9.17, 15) is 14.7 Å². The molecule has 34 heavy (non-hydrogen) atoms. The second-order valence-electron chi connectivity index (χ2n) is 7.45. The Bertz CT molecular complexity index is 1380. The van der Waals surface area contributed by atoms with Gasteiger partial charge in [-0.2, -0.15) is 4.98 Å². The number of para-hydroxylation sites is 1. The first-order valence-electron chi connectivity index (χ1n) is 10.7. The zero-order valence-electron chi connectivity index (χ0n) is 19.0. The Morgan fingerprint density at radius 3 is 2.56 bits per heavy atom. The van der Waals surface area contributed by atoms with Gasteiger partial charge in [0, 0.05) is 24.7 Å². The molecule has 0 atom stereocenters. The van der Waals surface area contributed by atoms with Gasteiger partial charge in [0.05, 0.1) is 11.6 Å². The summed E-state index contributed by atoms with van der Waals surface area (Å²) in [5, 5.41) is 10.2. The van der Waals surface area contributed by atoms with Crippen LogP contribution in [0.5, 0.6) is 11.8 Å². The Morgan fingerprint density at radius 1 is 1.21 bits per heavy atom. The highest BCUT2D eigenvalue weighted by atomic mass is 35.5. The lowest BCUT2D eigenvalue weighted by atomic mass is 10.2. The van der Waals surface area contributed by atoms with Crippen LogP contribution in [0.3, 0.4) is 0 Å². The number of aliphatic hydroxyl groups is 1. The highest BCUT2D eigenvalue weighted by Crippen LogP contribution is 2.30. The van der Waals surface area contributed by atoms with Gasteiger partial charge in [0.15, 0.2) is 11.2 Å². The zero-order valence-corrected chi connectivity index (χ0v) is 20.5. The molecular weight excluding hydrogens is 479 g/mol. The van der Waals surface area contributed by atoms with Crippen LogP contribution in [0.25, 0.3) is 11.2 Å². The molecule has 0 aliphatic rings. The van der Waals surface area contributed by atoms with E-state index in [1.54, 1.807) is 60.9 Å². The van der Waals surface area contributed by atoms with Crippen LogP contribution >= 0.6 is 23.2 Å². The minimum absolute atomic E-state index is 0.0777. The van der Waals surface area contributed by atoms with Crippen LogP contribution in [0.15, 0.2) is 69.3 Å². The maximum atomic E-state index is 13.5. The first kappa shape index (κ1) is 25.6. The molecule has 1 aromatic carbocycles. The number of rotatable bonds is 10. The Hall–Kier alpha value is -3.07. The third-order valence-corrected chi connectivity index (χ3v) is 5.54. The van der Waals surface area contributed by atoms with Crippen LogP contribution in [-0.4, -0.2) is 30.4 Å². The molecule has 2 heterocycles. The van der Waals surface area contributed by atoms with E-state index in [4.69, 9.17) is 27.9 Å². The molecule has 10 heteroatoms. The van der Waals surface area contributed by atoms with Crippen molar-refractivity contribution in [3.05, 3.63) is 85.5 Å². The molecule has 0 aliphatic carbocycles. The summed E-state index contributed by atoms with van der Waals surface area (Å²) in [7, 11) is 0. The van der Waals surface area contributed by atoms with E-state index in [1.807, 2.05) is 0 Å². The van der Waals surface area contributed by atoms with E-state index in [2.05, 4.69) is 11.6 Å². The smallest absolute Gasteiger partial charge is 0.332 e. The molecule has 0 radical (unpaired) electrons. The van der Waals surface area contributed by atoms with Gasteiger partial charge in [0.25, 0.3) is 5.56 Å². The Balaban J connectivity index is 2.33. The summed E-state index contributed by atoms with van der Waals surface area (Å²) in [5.74, 6) is 0.354. The number of allylic oxidation sites excluding steroid dienone is 5. The second kappa shape index (κ2) is 11.4. The molecule has 3 aromatic rings. The minimum atomic E-state index is -0.521. The Labute approximate surface area is 206 Å². The van der Waals surface area contributed by atoms with E-state index in [-0.39, 0.29) is 49.8 Å². The number of aryl methyl sites for hydroxylation is 1. The fourth-order valence-electron chi connectivity index (χ4n) is 3.42. The van der Waals surface area contributed by atoms with E-state index in [0.717, 1.165) is 10.1 Å². The predicted molar refractivity (Wildman–Crippen MR) is 135 cm³/mol. The number of fused-ring (bicyclic) bond motifs is 1. The molecule has 2 aromatic heterocycles. The van der Waals surface area contributed by atoms with Crippen LogP contribution < -0.4 is 16.0 Å². The summed E-state index contributed by atoms with van der Waals surface area (Å²) >= 11 is 12.3. The standard InChI is InChI=1S/C24H26Cl2N4O4/c1-4-17(12-11-16(3)25)15-30-20-21(27-23(30)34-19-10-7-6-9-18(19)26)28(5-2)24(33)29(22(20)32)13-8-14-31/h4,6-7,9-12,31H,1,5,8,13-15H2,2-3H3/b16-11+,17-12+. The molecule has 0 saturated carbocycles. The van der Waals surface area contributed by atoms with Crippen LogP contribution in [0.1, 0.15) is 20.3 Å². The van der Waals surface area contributed by atoms with Crippen LogP contribution in [0, 0.1) is 0 Å². The first-order valence-corrected chi connectivity index (χ1v) is 11.5. The van der Waals surface area contributed by atoms with Crippen molar-refractivity contribution in [2.75, 3.05) is 6.61 Å². The quantitative estimate of drug-likeness (QED) is 0.411. The fraction of sp³-hybridized carbons (Fsp3) is 0.292. The van der Waals surface area contributed by atoms with Crippen LogP contribution in [0.2, 0.25) is 5.02 Å². The van der Waals surface area contributed by atoms with E-state index >= 15 is 0 Å². The van der Waals surface area contributed by atoms with Crippen molar-refractivity contribution in [2.45, 2.75) is 39.9 Å². The molecular formula is C24H26Cl2N4O4. The molecule has 0 bridgehead atoms. The number of hydrogen-bond donors (Lipinski definition) is 1. The van der Waals surface area contributed by atoms with E-state index in [1.165, 1.54) is 4.57 Å². The summed E-state index contributed by atoms with van der Waals surface area (Å²) in [6, 6.07) is 6.99. The van der Waals surface area contributed by atoms with Crippen molar-refractivity contribution >= 4 is 34.4 Å². The van der Waals surface area contributed by atoms with Crippen LogP contribution in [0.4, 0.5) is 0 Å². The SMILES string of the molecule is C=C/C(=C\C=C(/C)Cl)Cn1c(Oc2ccccc2Cl)nc2c1c(=O)n(CCCO)c(=O)n2CC. The third kappa shape index (κ3) is 5.35. The Morgan fingerprint density at radius 2 is 1.94 bits per heavy atom. The van der Waals surface area contributed by atoms with Crippen molar-refractivity contribution in [3.8, 4) is 11.8 Å². The monoisotopic (exact) mass is 504 g/mol. The van der Waals surface area contributed by atoms with Gasteiger partial charge in [-0.1, -0.05) is 54.1 Å². The van der Waals surface area contributed by atoms with Gasteiger partial charge in [-0.25, -0.2) is 4.79 Å². The zero-order chi connectivity index (χ0) is 24.8. The van der Waals surface area contributed by atoms with Crippen molar-refractivity contribution in [1.29, 1.82) is 0 Å². The molecule has 0 amide bonds. The lowest BCUT2D eigenvalue weighted by molar-refractivity contribution is 0.277. The molecule has 1 N–H and O–H groups in total. The van der Waals surface area contributed by atoms with Crippen molar-refractivity contribution < 1.29 is 9.84 Å². The summed E-state index contributed by atoms with van der Waals surface area (Å²) < 4.78 is 10.1. The molecule has 180 valence electrons. The van der Waals surface area contributed by atoms with E-state index < -0.39 is 11.2 Å². The number of aromatic nitrogens is 4. The summed E-state index contributed by atoms with van der Waals surface area (Å²) in [5.41, 5.74) is 0.113. The topological polar surface area (TPSA) is 91.3 Å². The lowest BCUT2D eigenvalue weighted by Gasteiger charge is -2.12. The van der Waals surface area contributed by atoms with Gasteiger partial charge in [0.1, 0.15) is 5.75 Å². The van der Waals surface area contributed by atoms with Crippen molar-refractivity contribution in [2.24, 2.45) is 0 Å².